The molecule has 1 aromatic carbocycles. The molecule has 1 saturated heterocycles. The first-order valence-electron chi connectivity index (χ1n) is 8.74. The Morgan fingerprint density at radius 1 is 1.35 bits per heavy atom. The van der Waals surface area contributed by atoms with Crippen molar-refractivity contribution in [2.75, 3.05) is 18.5 Å². The summed E-state index contributed by atoms with van der Waals surface area (Å²) in [6.45, 7) is 3.64. The van der Waals surface area contributed by atoms with E-state index in [0.29, 0.717) is 30.3 Å². The highest BCUT2D eigenvalue weighted by Crippen LogP contribution is 2.25. The fourth-order valence-electron chi connectivity index (χ4n) is 3.39. The Labute approximate surface area is 155 Å². The lowest BCUT2D eigenvalue weighted by Crippen LogP contribution is -2.36. The molecular formula is C18H20N4O3S. The number of carbonyl (C=O) groups excluding carboxylic acids is 2. The Bertz CT molecular complexity index is 845. The Kier molecular flexibility index (Phi) is 4.69. The number of aromatic nitrogens is 2. The van der Waals surface area contributed by atoms with Crippen LogP contribution in [-0.2, 0) is 22.5 Å². The number of fused-ring (bicyclic) bond motifs is 1. The first-order chi connectivity index (χ1) is 12.6. The zero-order valence-electron chi connectivity index (χ0n) is 14.5. The van der Waals surface area contributed by atoms with Crippen LogP contribution in [0.1, 0.15) is 39.3 Å². The number of anilines is 1. The molecular weight excluding hydrogens is 352 g/mol. The summed E-state index contributed by atoms with van der Waals surface area (Å²) >= 11 is 1.14. The SMILES string of the molecule is Cc1nnsc1C(=O)N1CCc2ccc(NC(=O)[C@H]3CCCO3)cc2C1. The highest BCUT2D eigenvalue weighted by molar-refractivity contribution is 7.07. The maximum absolute atomic E-state index is 12.7. The molecule has 2 aromatic rings. The van der Waals surface area contributed by atoms with E-state index >= 15 is 0 Å². The molecule has 136 valence electrons. The first-order valence-corrected chi connectivity index (χ1v) is 9.51. The summed E-state index contributed by atoms with van der Waals surface area (Å²) < 4.78 is 9.28. The maximum atomic E-state index is 12.7. The standard InChI is InChI=1S/C18H20N4O3S/c1-11-16(26-21-20-11)18(24)22-7-6-12-4-5-14(9-13(12)10-22)19-17(23)15-3-2-8-25-15/h4-5,9,15H,2-3,6-8,10H2,1H3,(H,19,23)/t15-/m1/s1. The molecule has 1 aromatic heterocycles. The molecule has 7 nitrogen and oxygen atoms in total. The zero-order valence-corrected chi connectivity index (χ0v) is 15.3. The molecule has 0 radical (unpaired) electrons. The zero-order chi connectivity index (χ0) is 18.1. The number of benzene rings is 1. The third kappa shape index (κ3) is 3.34. The monoisotopic (exact) mass is 372 g/mol. The average Bonchev–Trinajstić information content (AvgIpc) is 3.32. The van der Waals surface area contributed by atoms with Crippen LogP contribution in [0.5, 0.6) is 0 Å². The molecule has 1 atom stereocenters. The van der Waals surface area contributed by atoms with E-state index in [1.165, 1.54) is 5.56 Å². The predicted octanol–water partition coefficient (Wildman–Crippen LogP) is 2.16. The van der Waals surface area contributed by atoms with Crippen LogP contribution in [0.25, 0.3) is 0 Å². The molecule has 2 amide bonds. The molecule has 4 rings (SSSR count). The van der Waals surface area contributed by atoms with E-state index in [1.807, 2.05) is 23.1 Å². The van der Waals surface area contributed by atoms with Crippen LogP contribution in [0.2, 0.25) is 0 Å². The number of nitrogens with zero attached hydrogens (tertiary/aromatic N) is 3. The Morgan fingerprint density at radius 3 is 2.96 bits per heavy atom. The van der Waals surface area contributed by atoms with Gasteiger partial charge in [-0.1, -0.05) is 10.6 Å². The summed E-state index contributed by atoms with van der Waals surface area (Å²) in [5.74, 6) is -0.130. The van der Waals surface area contributed by atoms with Crippen molar-refractivity contribution >= 4 is 29.0 Å². The number of rotatable bonds is 3. The minimum Gasteiger partial charge on any atom is -0.368 e. The average molecular weight is 372 g/mol. The molecule has 1 N–H and O–H groups in total. The molecule has 8 heteroatoms. The number of hydrogen-bond donors (Lipinski definition) is 1. The second kappa shape index (κ2) is 7.13. The van der Waals surface area contributed by atoms with Crippen LogP contribution in [-0.4, -0.2) is 45.6 Å². The van der Waals surface area contributed by atoms with Gasteiger partial charge < -0.3 is 15.0 Å². The number of amides is 2. The lowest BCUT2D eigenvalue weighted by molar-refractivity contribution is -0.124. The van der Waals surface area contributed by atoms with Crippen molar-refractivity contribution < 1.29 is 14.3 Å². The smallest absolute Gasteiger partial charge is 0.267 e. The summed E-state index contributed by atoms with van der Waals surface area (Å²) in [5.41, 5.74) is 3.69. The van der Waals surface area contributed by atoms with Crippen molar-refractivity contribution in [2.45, 2.75) is 38.8 Å². The molecule has 0 saturated carbocycles. The summed E-state index contributed by atoms with van der Waals surface area (Å²) in [6.07, 6.45) is 2.13. The van der Waals surface area contributed by atoms with E-state index in [9.17, 15) is 9.59 Å². The van der Waals surface area contributed by atoms with Crippen molar-refractivity contribution in [3.63, 3.8) is 0 Å². The number of nitrogens with one attached hydrogen (secondary N) is 1. The molecule has 2 aliphatic heterocycles. The minimum absolute atomic E-state index is 0.0306. The van der Waals surface area contributed by atoms with Gasteiger partial charge in [-0.2, -0.15) is 0 Å². The molecule has 0 aliphatic carbocycles. The first kappa shape index (κ1) is 17.1. The van der Waals surface area contributed by atoms with Crippen LogP contribution in [0.15, 0.2) is 18.2 Å². The topological polar surface area (TPSA) is 84.4 Å². The third-order valence-corrected chi connectivity index (χ3v) is 5.66. The van der Waals surface area contributed by atoms with Gasteiger partial charge in [-0.3, -0.25) is 9.59 Å². The number of hydrogen-bond acceptors (Lipinski definition) is 6. The largest absolute Gasteiger partial charge is 0.368 e. The third-order valence-electron chi connectivity index (χ3n) is 4.84. The van der Waals surface area contributed by atoms with Gasteiger partial charge in [0.05, 0.1) is 5.69 Å². The molecule has 2 aliphatic rings. The number of aryl methyl sites for hydroxylation is 1. The van der Waals surface area contributed by atoms with E-state index in [2.05, 4.69) is 14.9 Å². The van der Waals surface area contributed by atoms with Crippen LogP contribution in [0.3, 0.4) is 0 Å². The van der Waals surface area contributed by atoms with Gasteiger partial charge in [0.25, 0.3) is 11.8 Å². The molecule has 26 heavy (non-hydrogen) atoms. The number of ether oxygens (including phenoxy) is 1. The summed E-state index contributed by atoms with van der Waals surface area (Å²) in [5, 5.41) is 6.85. The molecule has 0 bridgehead atoms. The van der Waals surface area contributed by atoms with Gasteiger partial charge in [0.15, 0.2) is 0 Å². The van der Waals surface area contributed by atoms with E-state index in [0.717, 1.165) is 42.0 Å². The van der Waals surface area contributed by atoms with Gasteiger partial charge in [-0.25, -0.2) is 0 Å². The van der Waals surface area contributed by atoms with Gasteiger partial charge in [-0.15, -0.1) is 5.10 Å². The van der Waals surface area contributed by atoms with Crippen LogP contribution < -0.4 is 5.32 Å². The summed E-state index contributed by atoms with van der Waals surface area (Å²) in [4.78, 5) is 27.3. The van der Waals surface area contributed by atoms with Gasteiger partial charge in [0, 0.05) is 25.4 Å². The van der Waals surface area contributed by atoms with Crippen molar-refractivity contribution in [3.8, 4) is 0 Å². The van der Waals surface area contributed by atoms with Crippen molar-refractivity contribution in [1.29, 1.82) is 0 Å². The van der Waals surface area contributed by atoms with Gasteiger partial charge in [0.1, 0.15) is 11.0 Å². The van der Waals surface area contributed by atoms with Gasteiger partial charge in [0.2, 0.25) is 0 Å². The molecule has 0 unspecified atom stereocenters. The highest BCUT2D eigenvalue weighted by Gasteiger charge is 2.26. The predicted molar refractivity (Wildman–Crippen MR) is 97.1 cm³/mol. The van der Waals surface area contributed by atoms with Crippen molar-refractivity contribution in [1.82, 2.24) is 14.5 Å². The van der Waals surface area contributed by atoms with Crippen LogP contribution >= 0.6 is 11.5 Å². The fraction of sp³-hybridized carbons (Fsp3) is 0.444. The second-order valence-corrected chi connectivity index (χ2v) is 7.39. The van der Waals surface area contributed by atoms with Gasteiger partial charge >= 0.3 is 0 Å². The second-order valence-electron chi connectivity index (χ2n) is 6.64. The Hall–Kier alpha value is -2.32. The van der Waals surface area contributed by atoms with Crippen LogP contribution in [0, 0.1) is 6.92 Å². The van der Waals surface area contributed by atoms with E-state index < -0.39 is 0 Å². The van der Waals surface area contributed by atoms with Crippen molar-refractivity contribution in [2.24, 2.45) is 0 Å². The Morgan fingerprint density at radius 2 is 2.23 bits per heavy atom. The van der Waals surface area contributed by atoms with Gasteiger partial charge in [-0.05, 0) is 61.0 Å². The number of carbonyl (C=O) groups is 2. The fourth-order valence-corrected chi connectivity index (χ4v) is 4.01. The van der Waals surface area contributed by atoms with E-state index in [-0.39, 0.29) is 17.9 Å². The lowest BCUT2D eigenvalue weighted by Gasteiger charge is -2.29. The minimum atomic E-state index is -0.356. The quantitative estimate of drug-likeness (QED) is 0.893. The lowest BCUT2D eigenvalue weighted by atomic mass is 9.98. The maximum Gasteiger partial charge on any atom is 0.267 e. The highest BCUT2D eigenvalue weighted by atomic mass is 32.1. The van der Waals surface area contributed by atoms with Crippen LogP contribution in [0.4, 0.5) is 5.69 Å². The van der Waals surface area contributed by atoms with E-state index in [1.54, 1.807) is 6.92 Å². The summed E-state index contributed by atoms with van der Waals surface area (Å²) in [6, 6.07) is 5.90. The molecule has 1 fully saturated rings. The molecule has 3 heterocycles. The van der Waals surface area contributed by atoms with E-state index in [4.69, 9.17) is 4.74 Å². The summed E-state index contributed by atoms with van der Waals surface area (Å²) in [7, 11) is 0. The van der Waals surface area contributed by atoms with Crippen molar-refractivity contribution in [3.05, 3.63) is 39.9 Å². The normalized spacial score (nSPS) is 19.3. The molecule has 0 spiro atoms. The Balaban J connectivity index is 1.48.